The fourth-order valence-corrected chi connectivity index (χ4v) is 3.10. The zero-order chi connectivity index (χ0) is 16.8. The first-order chi connectivity index (χ1) is 11.2. The lowest BCUT2D eigenvalue weighted by Gasteiger charge is -2.17. The number of hydrogen-bond donors (Lipinski definition) is 1. The van der Waals surface area contributed by atoms with Crippen molar-refractivity contribution in [1.29, 1.82) is 0 Å². The first-order valence-electron chi connectivity index (χ1n) is 9.29. The van der Waals surface area contributed by atoms with E-state index in [0.29, 0.717) is 11.8 Å². The summed E-state index contributed by atoms with van der Waals surface area (Å²) in [5, 5.41) is 8.53. The van der Waals surface area contributed by atoms with Crippen LogP contribution in [0.2, 0.25) is 0 Å². The molecule has 0 aromatic rings. The zero-order valence-corrected chi connectivity index (χ0v) is 14.7. The molecule has 1 aliphatic rings. The lowest BCUT2D eigenvalue weighted by atomic mass is 9.88. The molecule has 0 bridgehead atoms. The molecule has 0 amide bonds. The number of rotatable bonds is 14. The highest BCUT2D eigenvalue weighted by Gasteiger charge is 2.27. The van der Waals surface area contributed by atoms with Crippen LogP contribution in [0.5, 0.6) is 0 Å². The number of carboxylic acids is 1. The summed E-state index contributed by atoms with van der Waals surface area (Å²) in [6.45, 7) is 5.74. The Balaban J connectivity index is 2.01. The molecule has 0 saturated carbocycles. The Hall–Kier alpha value is -0.870. The number of carboxylic acid groups (broad SMARTS) is 1. The van der Waals surface area contributed by atoms with Gasteiger partial charge in [-0.05, 0) is 43.9 Å². The molecule has 4 heteroatoms. The Morgan fingerprint density at radius 1 is 1.09 bits per heavy atom. The van der Waals surface area contributed by atoms with Gasteiger partial charge in [0.1, 0.15) is 0 Å². The number of hydrogen-bond acceptors (Lipinski definition) is 3. The van der Waals surface area contributed by atoms with Crippen molar-refractivity contribution in [1.82, 2.24) is 0 Å². The van der Waals surface area contributed by atoms with Crippen LogP contribution in [-0.4, -0.2) is 37.5 Å². The lowest BCUT2D eigenvalue weighted by molar-refractivity contribution is -0.131. The van der Waals surface area contributed by atoms with Gasteiger partial charge in [0.05, 0.1) is 0 Å². The van der Waals surface area contributed by atoms with Crippen LogP contribution in [0.15, 0.2) is 12.2 Å². The number of allylic oxidation sites excluding steroid dienone is 1. The maximum Gasteiger partial charge on any atom is 0.327 e. The van der Waals surface area contributed by atoms with Crippen LogP contribution in [0.3, 0.4) is 0 Å². The Labute approximate surface area is 141 Å². The molecular formula is C19H34O4. The predicted molar refractivity (Wildman–Crippen MR) is 92.6 cm³/mol. The molecule has 1 fully saturated rings. The van der Waals surface area contributed by atoms with E-state index >= 15 is 0 Å². The second kappa shape index (κ2) is 13.6. The molecule has 1 saturated heterocycles. The minimum Gasteiger partial charge on any atom is -0.478 e. The van der Waals surface area contributed by atoms with E-state index in [9.17, 15) is 4.79 Å². The Morgan fingerprint density at radius 3 is 2.61 bits per heavy atom. The van der Waals surface area contributed by atoms with E-state index in [2.05, 4.69) is 6.92 Å². The van der Waals surface area contributed by atoms with Gasteiger partial charge in [0.25, 0.3) is 0 Å². The molecule has 1 aliphatic heterocycles. The van der Waals surface area contributed by atoms with Crippen molar-refractivity contribution in [3.05, 3.63) is 12.2 Å². The van der Waals surface area contributed by atoms with Crippen molar-refractivity contribution in [3.8, 4) is 0 Å². The number of ether oxygens (including phenoxy) is 2. The van der Waals surface area contributed by atoms with Gasteiger partial charge in [0.15, 0.2) is 0 Å². The molecule has 1 heterocycles. The van der Waals surface area contributed by atoms with Crippen LogP contribution in [0.1, 0.15) is 64.7 Å². The first kappa shape index (κ1) is 20.2. The summed E-state index contributed by atoms with van der Waals surface area (Å²) < 4.78 is 11.4. The minimum atomic E-state index is -0.857. The van der Waals surface area contributed by atoms with Crippen LogP contribution in [0.4, 0.5) is 0 Å². The highest BCUT2D eigenvalue weighted by Crippen LogP contribution is 2.28. The highest BCUT2D eigenvalue weighted by molar-refractivity contribution is 5.79. The van der Waals surface area contributed by atoms with Gasteiger partial charge in [-0.1, -0.05) is 38.7 Å². The molecule has 2 atom stereocenters. The standard InChI is InChI=1S/C19H34O4/c1-2-3-4-9-13-22-14-12-18-16-23-15-17(18)10-7-5-6-8-11-19(20)21/h8,11,17-18H,2-7,9-10,12-16H2,1H3,(H,20,21)/t17-,18+/m0/s1. The van der Waals surface area contributed by atoms with E-state index in [4.69, 9.17) is 14.6 Å². The third kappa shape index (κ3) is 10.5. The molecule has 0 unspecified atom stereocenters. The third-order valence-electron chi connectivity index (χ3n) is 4.56. The summed E-state index contributed by atoms with van der Waals surface area (Å²) in [4.78, 5) is 10.4. The minimum absolute atomic E-state index is 0.639. The number of aliphatic carboxylic acids is 1. The number of unbranched alkanes of at least 4 members (excludes halogenated alkanes) is 5. The van der Waals surface area contributed by atoms with Crippen LogP contribution in [0, 0.1) is 11.8 Å². The Bertz CT molecular complexity index is 327. The second-order valence-electron chi connectivity index (χ2n) is 6.54. The predicted octanol–water partition coefficient (Wildman–Crippen LogP) is 4.44. The molecule has 0 radical (unpaired) electrons. The summed E-state index contributed by atoms with van der Waals surface area (Å²) in [6.07, 6.45) is 13.4. The fourth-order valence-electron chi connectivity index (χ4n) is 3.10. The first-order valence-corrected chi connectivity index (χ1v) is 9.29. The summed E-state index contributed by atoms with van der Waals surface area (Å²) in [6, 6.07) is 0. The average molecular weight is 326 g/mol. The third-order valence-corrected chi connectivity index (χ3v) is 4.56. The van der Waals surface area contributed by atoms with Crippen molar-refractivity contribution in [2.45, 2.75) is 64.7 Å². The van der Waals surface area contributed by atoms with Crippen LogP contribution in [-0.2, 0) is 14.3 Å². The lowest BCUT2D eigenvalue weighted by Crippen LogP contribution is -2.15. The van der Waals surface area contributed by atoms with Crippen molar-refractivity contribution < 1.29 is 19.4 Å². The van der Waals surface area contributed by atoms with E-state index in [1.807, 2.05) is 0 Å². The van der Waals surface area contributed by atoms with E-state index in [0.717, 1.165) is 52.1 Å². The molecule has 0 spiro atoms. The molecule has 0 aliphatic carbocycles. The Morgan fingerprint density at radius 2 is 1.87 bits per heavy atom. The normalized spacial score (nSPS) is 21.3. The highest BCUT2D eigenvalue weighted by atomic mass is 16.5. The number of carbonyl (C=O) groups is 1. The van der Waals surface area contributed by atoms with Gasteiger partial charge in [-0.2, -0.15) is 0 Å². The maximum atomic E-state index is 10.4. The molecule has 23 heavy (non-hydrogen) atoms. The van der Waals surface area contributed by atoms with Crippen LogP contribution >= 0.6 is 0 Å². The maximum absolute atomic E-state index is 10.4. The summed E-state index contributed by atoms with van der Waals surface area (Å²) in [7, 11) is 0. The molecule has 1 N–H and O–H groups in total. The van der Waals surface area contributed by atoms with Crippen molar-refractivity contribution in [2.75, 3.05) is 26.4 Å². The zero-order valence-electron chi connectivity index (χ0n) is 14.7. The summed E-state index contributed by atoms with van der Waals surface area (Å²) in [5.41, 5.74) is 0. The monoisotopic (exact) mass is 326 g/mol. The van der Waals surface area contributed by atoms with E-state index in [1.54, 1.807) is 6.08 Å². The van der Waals surface area contributed by atoms with Gasteiger partial charge < -0.3 is 14.6 Å². The second-order valence-corrected chi connectivity index (χ2v) is 6.54. The van der Waals surface area contributed by atoms with Crippen molar-refractivity contribution in [2.24, 2.45) is 11.8 Å². The van der Waals surface area contributed by atoms with Gasteiger partial charge in [0, 0.05) is 32.5 Å². The smallest absolute Gasteiger partial charge is 0.327 e. The van der Waals surface area contributed by atoms with Gasteiger partial charge in [-0.25, -0.2) is 4.79 Å². The summed E-state index contributed by atoms with van der Waals surface area (Å²) >= 11 is 0. The van der Waals surface area contributed by atoms with Gasteiger partial charge in [-0.15, -0.1) is 0 Å². The van der Waals surface area contributed by atoms with E-state index in [1.165, 1.54) is 38.2 Å². The Kier molecular flexibility index (Phi) is 11.9. The van der Waals surface area contributed by atoms with Crippen molar-refractivity contribution >= 4 is 5.97 Å². The van der Waals surface area contributed by atoms with Crippen LogP contribution < -0.4 is 0 Å². The molecular weight excluding hydrogens is 292 g/mol. The molecule has 0 aromatic carbocycles. The quantitative estimate of drug-likeness (QED) is 0.379. The van der Waals surface area contributed by atoms with Crippen molar-refractivity contribution in [3.63, 3.8) is 0 Å². The van der Waals surface area contributed by atoms with Gasteiger partial charge >= 0.3 is 5.97 Å². The SMILES string of the molecule is CCCCCCOCC[C@@H]1COC[C@@H]1CCCCC=CC(=O)O. The topological polar surface area (TPSA) is 55.8 Å². The molecule has 1 rings (SSSR count). The average Bonchev–Trinajstić information content (AvgIpc) is 2.97. The largest absolute Gasteiger partial charge is 0.478 e. The summed E-state index contributed by atoms with van der Waals surface area (Å²) in [5.74, 6) is 0.436. The van der Waals surface area contributed by atoms with Crippen LogP contribution in [0.25, 0.3) is 0 Å². The molecule has 0 aromatic heterocycles. The van der Waals surface area contributed by atoms with E-state index < -0.39 is 5.97 Å². The molecule has 4 nitrogen and oxygen atoms in total. The van der Waals surface area contributed by atoms with Gasteiger partial charge in [0.2, 0.25) is 0 Å². The molecule has 134 valence electrons. The van der Waals surface area contributed by atoms with E-state index in [-0.39, 0.29) is 0 Å². The fraction of sp³-hybridized carbons (Fsp3) is 0.842. The van der Waals surface area contributed by atoms with Gasteiger partial charge in [-0.3, -0.25) is 0 Å².